The largest absolute Gasteiger partial charge is 0.442 e. The van der Waals surface area contributed by atoms with E-state index in [1.165, 1.54) is 23.2 Å². The molecule has 1 aromatic heterocycles. The smallest absolute Gasteiger partial charge is 0.414 e. The van der Waals surface area contributed by atoms with Crippen molar-refractivity contribution in [3.8, 4) is 0 Å². The number of carbonyl (C=O) groups is 3. The topological polar surface area (TPSA) is 108 Å². The van der Waals surface area contributed by atoms with Crippen molar-refractivity contribution in [1.29, 1.82) is 0 Å². The number of halogens is 1. The molecular weight excluding hydrogens is 453 g/mol. The van der Waals surface area contributed by atoms with Gasteiger partial charge in [-0.2, -0.15) is 0 Å². The molecule has 2 saturated heterocycles. The fourth-order valence-corrected chi connectivity index (χ4v) is 4.24. The second-order valence-electron chi connectivity index (χ2n) is 7.79. The molecule has 0 saturated carbocycles. The number of rotatable bonds is 6. The van der Waals surface area contributed by atoms with Gasteiger partial charge in [-0.1, -0.05) is 24.7 Å². The molecule has 0 radical (unpaired) electrons. The van der Waals surface area contributed by atoms with E-state index >= 15 is 0 Å². The molecule has 3 amide bonds. The van der Waals surface area contributed by atoms with Gasteiger partial charge in [0.1, 0.15) is 11.9 Å². The molecule has 176 valence electrons. The SMILES string of the molecule is CCC(NC(=O)S)C1CN(c2ccc(N3CCN(C(=O)c4ccno4)CC3)c(F)c2)C(=O)O1. The minimum Gasteiger partial charge on any atom is -0.442 e. The van der Waals surface area contributed by atoms with Crippen LogP contribution < -0.4 is 15.1 Å². The number of thiol groups is 1. The maximum atomic E-state index is 15.0. The Morgan fingerprint density at radius 2 is 2.03 bits per heavy atom. The van der Waals surface area contributed by atoms with E-state index in [4.69, 9.17) is 9.26 Å². The Bertz CT molecular complexity index is 1030. The molecule has 10 nitrogen and oxygen atoms in total. The van der Waals surface area contributed by atoms with E-state index in [0.29, 0.717) is 44.0 Å². The van der Waals surface area contributed by atoms with E-state index in [-0.39, 0.29) is 24.3 Å². The van der Waals surface area contributed by atoms with Crippen LogP contribution in [-0.4, -0.2) is 72.2 Å². The Hall–Kier alpha value is -3.28. The first-order valence-corrected chi connectivity index (χ1v) is 11.0. The maximum Gasteiger partial charge on any atom is 0.414 e. The first-order chi connectivity index (χ1) is 15.9. The average molecular weight is 478 g/mol. The predicted octanol–water partition coefficient (Wildman–Crippen LogP) is 2.52. The van der Waals surface area contributed by atoms with Crippen molar-refractivity contribution in [2.24, 2.45) is 0 Å². The lowest BCUT2D eigenvalue weighted by molar-refractivity contribution is 0.0704. The molecule has 2 unspecified atom stereocenters. The Balaban J connectivity index is 1.40. The van der Waals surface area contributed by atoms with E-state index in [0.717, 1.165) is 0 Å². The van der Waals surface area contributed by atoms with E-state index in [1.807, 2.05) is 11.8 Å². The van der Waals surface area contributed by atoms with Crippen molar-refractivity contribution in [1.82, 2.24) is 15.4 Å². The quantitative estimate of drug-likeness (QED) is 0.616. The summed E-state index contributed by atoms with van der Waals surface area (Å²) in [7, 11) is 0. The number of aromatic nitrogens is 1. The van der Waals surface area contributed by atoms with Crippen molar-refractivity contribution in [3.63, 3.8) is 0 Å². The summed E-state index contributed by atoms with van der Waals surface area (Å²) in [6.45, 7) is 3.77. The maximum absolute atomic E-state index is 15.0. The molecule has 12 heteroatoms. The first-order valence-electron chi connectivity index (χ1n) is 10.6. The number of ether oxygens (including phenoxy) is 1. The van der Waals surface area contributed by atoms with E-state index in [1.54, 1.807) is 17.0 Å². The third kappa shape index (κ3) is 4.90. The van der Waals surface area contributed by atoms with Crippen LogP contribution in [0, 0.1) is 5.82 Å². The van der Waals surface area contributed by atoms with Crippen molar-refractivity contribution < 1.29 is 28.0 Å². The molecule has 0 bridgehead atoms. The van der Waals surface area contributed by atoms with Gasteiger partial charge in [0.25, 0.3) is 11.1 Å². The standard InChI is InChI=1S/C21H24FN5O5S/c1-2-15(24-20(29)33)18-12-27(21(30)31-18)13-3-4-16(14(22)11-13)25-7-9-26(10-8-25)19(28)17-5-6-23-32-17/h3-6,11,15,18H,2,7-10,12H2,1H3,(H2,24,29,33). The van der Waals surface area contributed by atoms with Crippen LogP contribution in [0.15, 0.2) is 35.0 Å². The predicted molar refractivity (Wildman–Crippen MR) is 120 cm³/mol. The van der Waals surface area contributed by atoms with Gasteiger partial charge in [0.15, 0.2) is 0 Å². The number of hydrogen-bond acceptors (Lipinski definition) is 7. The van der Waals surface area contributed by atoms with Crippen LogP contribution in [0.25, 0.3) is 0 Å². The summed E-state index contributed by atoms with van der Waals surface area (Å²) in [5, 5.41) is 5.69. The number of hydrogen-bond donors (Lipinski definition) is 2. The molecule has 4 rings (SSSR count). The molecular formula is C21H24FN5O5S. The Morgan fingerprint density at radius 3 is 2.64 bits per heavy atom. The van der Waals surface area contributed by atoms with Crippen LogP contribution in [0.1, 0.15) is 23.9 Å². The lowest BCUT2D eigenvalue weighted by atomic mass is 10.1. The molecule has 2 aliphatic heterocycles. The number of amides is 3. The van der Waals surface area contributed by atoms with E-state index in [9.17, 15) is 18.8 Å². The third-order valence-corrected chi connectivity index (χ3v) is 5.96. The summed E-state index contributed by atoms with van der Waals surface area (Å²) in [6.07, 6.45) is 0.809. The summed E-state index contributed by atoms with van der Waals surface area (Å²) in [5.74, 6) is -0.548. The molecule has 33 heavy (non-hydrogen) atoms. The number of benzene rings is 1. The molecule has 0 spiro atoms. The molecule has 1 N–H and O–H groups in total. The lowest BCUT2D eigenvalue weighted by Gasteiger charge is -2.35. The fourth-order valence-electron chi connectivity index (χ4n) is 4.07. The van der Waals surface area contributed by atoms with Crippen LogP contribution in [0.3, 0.4) is 0 Å². The van der Waals surface area contributed by atoms with Crippen LogP contribution in [0.5, 0.6) is 0 Å². The van der Waals surface area contributed by atoms with E-state index in [2.05, 4.69) is 23.1 Å². The molecule has 2 aliphatic rings. The van der Waals surface area contributed by atoms with Gasteiger partial charge in [0, 0.05) is 32.2 Å². The monoisotopic (exact) mass is 477 g/mol. The highest BCUT2D eigenvalue weighted by molar-refractivity contribution is 7.96. The second-order valence-corrected chi connectivity index (χ2v) is 8.19. The zero-order valence-corrected chi connectivity index (χ0v) is 18.8. The highest BCUT2D eigenvalue weighted by atomic mass is 32.1. The van der Waals surface area contributed by atoms with Crippen LogP contribution in [-0.2, 0) is 4.74 Å². The van der Waals surface area contributed by atoms with Crippen molar-refractivity contribution >= 4 is 41.2 Å². The van der Waals surface area contributed by atoms with Crippen LogP contribution >= 0.6 is 12.6 Å². The zero-order valence-electron chi connectivity index (χ0n) is 17.9. The summed E-state index contributed by atoms with van der Waals surface area (Å²) < 4.78 is 25.3. The van der Waals surface area contributed by atoms with Crippen LogP contribution in [0.4, 0.5) is 25.4 Å². The first kappa shape index (κ1) is 22.9. The fraction of sp³-hybridized carbons (Fsp3) is 0.429. The number of piperazine rings is 1. The van der Waals surface area contributed by atoms with Gasteiger partial charge in [-0.15, -0.1) is 0 Å². The summed E-state index contributed by atoms with van der Waals surface area (Å²) in [6, 6.07) is 5.70. The van der Waals surface area contributed by atoms with Gasteiger partial charge < -0.3 is 24.4 Å². The van der Waals surface area contributed by atoms with Crippen LogP contribution in [0.2, 0.25) is 0 Å². The number of carbonyl (C=O) groups excluding carboxylic acids is 3. The normalized spacial score (nSPS) is 19.4. The van der Waals surface area contributed by atoms with Gasteiger partial charge in [-0.3, -0.25) is 14.5 Å². The Morgan fingerprint density at radius 1 is 1.27 bits per heavy atom. The third-order valence-electron chi connectivity index (χ3n) is 5.83. The molecule has 0 aliphatic carbocycles. The van der Waals surface area contributed by atoms with Gasteiger partial charge in [-0.05, 0) is 24.6 Å². The van der Waals surface area contributed by atoms with Gasteiger partial charge in [0.2, 0.25) is 5.76 Å². The zero-order chi connectivity index (χ0) is 23.5. The van der Waals surface area contributed by atoms with Crippen molar-refractivity contribution in [2.45, 2.75) is 25.5 Å². The number of cyclic esters (lactones) is 1. The minimum absolute atomic E-state index is 0.175. The number of anilines is 2. The molecule has 3 heterocycles. The highest BCUT2D eigenvalue weighted by Gasteiger charge is 2.37. The van der Waals surface area contributed by atoms with Gasteiger partial charge in [0.05, 0.1) is 30.2 Å². The summed E-state index contributed by atoms with van der Waals surface area (Å²) in [5.41, 5.74) is 0.762. The highest BCUT2D eigenvalue weighted by Crippen LogP contribution is 2.29. The molecule has 2 aromatic rings. The molecule has 2 atom stereocenters. The number of nitrogens with zero attached hydrogens (tertiary/aromatic N) is 4. The molecule has 1 aromatic carbocycles. The lowest BCUT2D eigenvalue weighted by Crippen LogP contribution is -2.49. The minimum atomic E-state index is -0.599. The summed E-state index contributed by atoms with van der Waals surface area (Å²) in [4.78, 5) is 40.8. The molecule has 2 fully saturated rings. The number of nitrogens with one attached hydrogen (secondary N) is 1. The van der Waals surface area contributed by atoms with Crippen molar-refractivity contribution in [2.75, 3.05) is 42.5 Å². The average Bonchev–Trinajstić information content (AvgIpc) is 3.47. The van der Waals surface area contributed by atoms with Crippen molar-refractivity contribution in [3.05, 3.63) is 42.0 Å². The Kier molecular flexibility index (Phi) is 6.72. The van der Waals surface area contributed by atoms with Gasteiger partial charge in [-0.25, -0.2) is 9.18 Å². The Labute approximate surface area is 195 Å². The van der Waals surface area contributed by atoms with E-state index < -0.39 is 23.3 Å². The second kappa shape index (κ2) is 9.69. The van der Waals surface area contributed by atoms with Gasteiger partial charge >= 0.3 is 6.09 Å². The summed E-state index contributed by atoms with van der Waals surface area (Å²) >= 11 is 3.72.